The van der Waals surface area contributed by atoms with E-state index in [0.29, 0.717) is 12.8 Å². The van der Waals surface area contributed by atoms with E-state index in [-0.39, 0.29) is 13.2 Å². The molecule has 0 amide bonds. The van der Waals surface area contributed by atoms with E-state index in [1.54, 1.807) is 13.8 Å². The summed E-state index contributed by atoms with van der Waals surface area (Å²) in [5, 5.41) is 0. The van der Waals surface area contributed by atoms with E-state index in [1.807, 2.05) is 0 Å². The molecular weight excluding hydrogens is 416 g/mol. The predicted molar refractivity (Wildman–Crippen MR) is 90.1 cm³/mol. The molecule has 172 valence electrons. The highest BCUT2D eigenvalue weighted by molar-refractivity contribution is 5.12. The zero-order chi connectivity index (χ0) is 22.8. The number of halogens is 8. The van der Waals surface area contributed by atoms with Gasteiger partial charge in [-0.2, -0.15) is 26.3 Å². The smallest absolute Gasteiger partial charge is 0.307 e. The molecule has 0 radical (unpaired) electrons. The van der Waals surface area contributed by atoms with E-state index in [2.05, 4.69) is 4.74 Å². The molecule has 0 aliphatic carbocycles. The predicted octanol–water partition coefficient (Wildman–Crippen LogP) is 6.90. The van der Waals surface area contributed by atoms with Crippen LogP contribution in [-0.4, -0.2) is 37.1 Å². The Morgan fingerprint density at radius 2 is 1.00 bits per heavy atom. The Balaban J connectivity index is 5.98. The van der Waals surface area contributed by atoms with Crippen molar-refractivity contribution in [2.75, 3.05) is 13.2 Å². The first-order valence-electron chi connectivity index (χ1n) is 9.06. The number of rotatable bonds is 14. The number of hydrogen-bond donors (Lipinski definition) is 0. The first kappa shape index (κ1) is 27.8. The van der Waals surface area contributed by atoms with Gasteiger partial charge in [0.25, 0.3) is 11.7 Å². The molecule has 0 aliphatic heterocycles. The van der Waals surface area contributed by atoms with Gasteiger partial charge in [-0.25, -0.2) is 8.78 Å². The Kier molecular flexibility index (Phi) is 12.0. The monoisotopic (exact) mass is 442 g/mol. The maximum Gasteiger partial charge on any atom is 0.307 e. The van der Waals surface area contributed by atoms with Gasteiger partial charge in [0.05, 0.1) is 12.2 Å². The molecule has 0 saturated heterocycles. The van der Waals surface area contributed by atoms with E-state index < -0.39 is 60.6 Å². The van der Waals surface area contributed by atoms with Crippen LogP contribution in [0.5, 0.6) is 0 Å². The van der Waals surface area contributed by atoms with Crippen molar-refractivity contribution in [3.05, 3.63) is 23.8 Å². The molecule has 29 heavy (non-hydrogen) atoms. The molecule has 0 heterocycles. The molecule has 0 aliphatic rings. The lowest BCUT2D eigenvalue weighted by Crippen LogP contribution is -2.44. The van der Waals surface area contributed by atoms with Crippen LogP contribution in [0.3, 0.4) is 0 Å². The third-order valence-corrected chi connectivity index (χ3v) is 3.62. The topological polar surface area (TPSA) is 27.7 Å². The molecule has 0 aromatic carbocycles. The highest BCUT2D eigenvalue weighted by Crippen LogP contribution is 2.44. The summed E-state index contributed by atoms with van der Waals surface area (Å²) in [5.41, 5.74) is 0. The standard InChI is InChI=1S/C18H26F8O3/c1-5-7-27-11(3)9-17(25,13(19)15(21)22)29-18(26,14(20)16(23)24)10-12(4)28-8-6-2/h11-12H,5-10H2,1-4H3. The van der Waals surface area contributed by atoms with Crippen molar-refractivity contribution < 1.29 is 49.3 Å². The quantitative estimate of drug-likeness (QED) is 0.274. The van der Waals surface area contributed by atoms with Gasteiger partial charge in [0.1, 0.15) is 0 Å². The van der Waals surface area contributed by atoms with Gasteiger partial charge >= 0.3 is 12.2 Å². The van der Waals surface area contributed by atoms with Gasteiger partial charge in [-0.15, -0.1) is 0 Å². The second-order valence-electron chi connectivity index (χ2n) is 6.48. The van der Waals surface area contributed by atoms with Crippen molar-refractivity contribution in [1.82, 2.24) is 0 Å². The average Bonchev–Trinajstić information content (AvgIpc) is 2.62. The zero-order valence-electron chi connectivity index (χ0n) is 16.6. The molecule has 0 fully saturated rings. The largest absolute Gasteiger partial charge is 0.378 e. The Morgan fingerprint density at radius 1 is 0.690 bits per heavy atom. The van der Waals surface area contributed by atoms with E-state index in [4.69, 9.17) is 9.47 Å². The third-order valence-electron chi connectivity index (χ3n) is 3.62. The van der Waals surface area contributed by atoms with E-state index in [9.17, 15) is 26.3 Å². The summed E-state index contributed by atoms with van der Waals surface area (Å²) < 4.78 is 123. The van der Waals surface area contributed by atoms with Gasteiger partial charge in [-0.1, -0.05) is 13.8 Å². The van der Waals surface area contributed by atoms with Crippen molar-refractivity contribution in [1.29, 1.82) is 0 Å². The molecule has 0 spiro atoms. The normalized spacial score (nSPS) is 17.8. The lowest BCUT2D eigenvalue weighted by Gasteiger charge is -2.34. The van der Waals surface area contributed by atoms with Crippen LogP contribution in [0.25, 0.3) is 0 Å². The summed E-state index contributed by atoms with van der Waals surface area (Å²) in [5.74, 6) is -14.3. The summed E-state index contributed by atoms with van der Waals surface area (Å²) in [6.07, 6.45) is -10.8. The van der Waals surface area contributed by atoms with Gasteiger partial charge in [-0.3, -0.25) is 4.74 Å². The van der Waals surface area contributed by atoms with E-state index in [1.165, 1.54) is 0 Å². The van der Waals surface area contributed by atoms with Crippen molar-refractivity contribution in [2.45, 2.75) is 77.3 Å². The van der Waals surface area contributed by atoms with Gasteiger partial charge < -0.3 is 9.47 Å². The number of ether oxygens (including phenoxy) is 3. The summed E-state index contributed by atoms with van der Waals surface area (Å²) >= 11 is 0. The molecule has 3 nitrogen and oxygen atoms in total. The van der Waals surface area contributed by atoms with Crippen LogP contribution in [0.15, 0.2) is 23.8 Å². The van der Waals surface area contributed by atoms with Crippen molar-refractivity contribution >= 4 is 0 Å². The third kappa shape index (κ3) is 9.00. The molecule has 0 saturated carbocycles. The Morgan fingerprint density at radius 3 is 1.24 bits per heavy atom. The summed E-state index contributed by atoms with van der Waals surface area (Å²) in [6.45, 7) is 5.68. The average molecular weight is 442 g/mol. The molecule has 0 N–H and O–H groups in total. The van der Waals surface area contributed by atoms with Crippen molar-refractivity contribution in [3.8, 4) is 0 Å². The molecule has 0 aromatic rings. The first-order valence-corrected chi connectivity index (χ1v) is 9.06. The second kappa shape index (κ2) is 12.5. The van der Waals surface area contributed by atoms with Gasteiger partial charge in [0.15, 0.2) is 0 Å². The fourth-order valence-corrected chi connectivity index (χ4v) is 2.39. The molecular formula is C18H26F8O3. The molecule has 0 rings (SSSR count). The minimum atomic E-state index is -4.27. The van der Waals surface area contributed by atoms with Crippen LogP contribution in [0.4, 0.5) is 35.1 Å². The van der Waals surface area contributed by atoms with Crippen LogP contribution in [-0.2, 0) is 14.2 Å². The first-order chi connectivity index (χ1) is 13.3. The van der Waals surface area contributed by atoms with Gasteiger partial charge in [0.2, 0.25) is 11.7 Å². The number of alkyl halides is 2. The molecule has 4 atom stereocenters. The summed E-state index contributed by atoms with van der Waals surface area (Å²) in [6, 6.07) is 0. The fourth-order valence-electron chi connectivity index (χ4n) is 2.39. The summed E-state index contributed by atoms with van der Waals surface area (Å²) in [4.78, 5) is 0. The van der Waals surface area contributed by atoms with Crippen LogP contribution >= 0.6 is 0 Å². The van der Waals surface area contributed by atoms with Crippen molar-refractivity contribution in [3.63, 3.8) is 0 Å². The lowest BCUT2D eigenvalue weighted by atomic mass is 10.1. The lowest BCUT2D eigenvalue weighted by molar-refractivity contribution is -0.273. The number of hydrogen-bond acceptors (Lipinski definition) is 3. The zero-order valence-corrected chi connectivity index (χ0v) is 16.6. The molecule has 4 unspecified atom stereocenters. The van der Waals surface area contributed by atoms with Crippen LogP contribution in [0.1, 0.15) is 53.4 Å². The minimum Gasteiger partial charge on any atom is -0.378 e. The molecule has 11 heteroatoms. The maximum atomic E-state index is 15.0. The summed E-state index contributed by atoms with van der Waals surface area (Å²) in [7, 11) is 0. The van der Waals surface area contributed by atoms with Crippen LogP contribution in [0, 0.1) is 0 Å². The maximum absolute atomic E-state index is 15.0. The van der Waals surface area contributed by atoms with E-state index in [0.717, 1.165) is 13.8 Å². The van der Waals surface area contributed by atoms with Gasteiger partial charge in [0, 0.05) is 26.1 Å². The molecule has 0 aromatic heterocycles. The van der Waals surface area contributed by atoms with Gasteiger partial charge in [-0.05, 0) is 26.7 Å². The van der Waals surface area contributed by atoms with Crippen molar-refractivity contribution in [2.24, 2.45) is 0 Å². The highest BCUT2D eigenvalue weighted by Gasteiger charge is 2.53. The van der Waals surface area contributed by atoms with Crippen LogP contribution < -0.4 is 0 Å². The Hall–Kier alpha value is -1.20. The second-order valence-corrected chi connectivity index (χ2v) is 6.48. The fraction of sp³-hybridized carbons (Fsp3) is 0.778. The van der Waals surface area contributed by atoms with E-state index >= 15 is 8.78 Å². The SMILES string of the molecule is CCCOC(C)CC(F)(OC(F)(CC(C)OCCC)C(F)=C(F)F)C(F)=C(F)F. The minimum absolute atomic E-state index is 0.0245. The Labute approximate surface area is 164 Å². The molecule has 0 bridgehead atoms. The van der Waals surface area contributed by atoms with Crippen LogP contribution in [0.2, 0.25) is 0 Å². The Bertz CT molecular complexity index is 515. The highest BCUT2D eigenvalue weighted by atomic mass is 19.3.